The maximum absolute atomic E-state index is 11.3. The number of H-pyrrole nitrogens is 1. The second-order valence-corrected chi connectivity index (χ2v) is 5.12. The van der Waals surface area contributed by atoms with Crippen molar-refractivity contribution in [2.45, 2.75) is 12.1 Å². The molecule has 0 saturated carbocycles. The van der Waals surface area contributed by atoms with E-state index in [-0.39, 0.29) is 5.56 Å². The lowest BCUT2D eigenvalue weighted by molar-refractivity contribution is 0.313. The van der Waals surface area contributed by atoms with Crippen LogP contribution in [0.15, 0.2) is 40.3 Å². The van der Waals surface area contributed by atoms with Gasteiger partial charge in [-0.05, 0) is 19.1 Å². The van der Waals surface area contributed by atoms with E-state index in [0.29, 0.717) is 34.7 Å². The molecule has 1 aromatic heterocycles. The van der Waals surface area contributed by atoms with Gasteiger partial charge in [0, 0.05) is 17.5 Å². The largest absolute Gasteiger partial charge is 0.493 e. The second kappa shape index (κ2) is 7.00. The Morgan fingerprint density at radius 1 is 1.30 bits per heavy atom. The van der Waals surface area contributed by atoms with Crippen LogP contribution in [-0.2, 0) is 0 Å². The molecule has 1 heterocycles. The van der Waals surface area contributed by atoms with E-state index in [1.807, 2.05) is 24.3 Å². The summed E-state index contributed by atoms with van der Waals surface area (Å²) in [6.07, 6.45) is 0. The van der Waals surface area contributed by atoms with E-state index in [4.69, 9.17) is 9.47 Å². The molecule has 0 radical (unpaired) electrons. The molecule has 0 aliphatic carbocycles. The first-order valence-corrected chi connectivity index (χ1v) is 7.14. The van der Waals surface area contributed by atoms with Gasteiger partial charge in [-0.15, -0.1) is 0 Å². The van der Waals surface area contributed by atoms with E-state index >= 15 is 0 Å². The zero-order chi connectivity index (χ0) is 14.4. The van der Waals surface area contributed by atoms with Crippen LogP contribution in [0, 0.1) is 6.92 Å². The van der Waals surface area contributed by atoms with Crippen LogP contribution in [0.2, 0.25) is 0 Å². The van der Waals surface area contributed by atoms with E-state index in [1.54, 1.807) is 14.0 Å². The molecule has 0 unspecified atom stereocenters. The summed E-state index contributed by atoms with van der Waals surface area (Å²) in [5, 5.41) is 0.610. The molecular formula is C14H16N2O3S. The molecule has 2 aromatic rings. The summed E-state index contributed by atoms with van der Waals surface area (Å²) in [5.74, 6) is 2.10. The molecule has 1 N–H and O–H groups in total. The molecule has 6 heteroatoms. The zero-order valence-electron chi connectivity index (χ0n) is 11.4. The smallest absolute Gasteiger partial charge is 0.251 e. The topological polar surface area (TPSA) is 64.2 Å². The SMILES string of the molecule is COc1ccccc1OCCSc1nc(C)cc(=O)[nH]1. The van der Waals surface area contributed by atoms with Crippen molar-refractivity contribution < 1.29 is 9.47 Å². The molecule has 20 heavy (non-hydrogen) atoms. The number of aryl methyl sites for hydroxylation is 1. The van der Waals surface area contributed by atoms with E-state index in [2.05, 4.69) is 9.97 Å². The van der Waals surface area contributed by atoms with Gasteiger partial charge in [-0.1, -0.05) is 23.9 Å². The summed E-state index contributed by atoms with van der Waals surface area (Å²) in [6.45, 7) is 2.30. The lowest BCUT2D eigenvalue weighted by atomic mass is 10.3. The summed E-state index contributed by atoms with van der Waals surface area (Å²) in [6, 6.07) is 8.96. The van der Waals surface area contributed by atoms with Gasteiger partial charge in [0.2, 0.25) is 0 Å². The maximum Gasteiger partial charge on any atom is 0.251 e. The maximum atomic E-state index is 11.3. The van der Waals surface area contributed by atoms with Crippen LogP contribution in [-0.4, -0.2) is 29.4 Å². The molecule has 5 nitrogen and oxygen atoms in total. The van der Waals surface area contributed by atoms with Crippen LogP contribution in [0.4, 0.5) is 0 Å². The fraction of sp³-hybridized carbons (Fsp3) is 0.286. The monoisotopic (exact) mass is 292 g/mol. The summed E-state index contributed by atoms with van der Waals surface area (Å²) in [7, 11) is 1.61. The van der Waals surface area contributed by atoms with Gasteiger partial charge in [-0.2, -0.15) is 0 Å². The van der Waals surface area contributed by atoms with Crippen molar-refractivity contribution in [3.05, 3.63) is 46.4 Å². The number of nitrogens with zero attached hydrogens (tertiary/aromatic N) is 1. The predicted molar refractivity (Wildman–Crippen MR) is 78.8 cm³/mol. The molecule has 2 rings (SSSR count). The molecule has 0 bridgehead atoms. The van der Waals surface area contributed by atoms with Crippen molar-refractivity contribution >= 4 is 11.8 Å². The number of hydrogen-bond donors (Lipinski definition) is 1. The molecular weight excluding hydrogens is 276 g/mol. The zero-order valence-corrected chi connectivity index (χ0v) is 12.2. The van der Waals surface area contributed by atoms with Crippen LogP contribution in [0.3, 0.4) is 0 Å². The van der Waals surface area contributed by atoms with Gasteiger partial charge in [-0.3, -0.25) is 4.79 Å². The predicted octanol–water partition coefficient (Wildman–Crippen LogP) is 2.26. The number of para-hydroxylation sites is 2. The number of rotatable bonds is 6. The quantitative estimate of drug-likeness (QED) is 0.502. The number of benzene rings is 1. The Kier molecular flexibility index (Phi) is 5.06. The highest BCUT2D eigenvalue weighted by Crippen LogP contribution is 2.26. The average molecular weight is 292 g/mol. The fourth-order valence-corrected chi connectivity index (χ4v) is 2.39. The Hall–Kier alpha value is -1.95. The lowest BCUT2D eigenvalue weighted by Gasteiger charge is -2.09. The number of ether oxygens (including phenoxy) is 2. The first kappa shape index (κ1) is 14.5. The van der Waals surface area contributed by atoms with Crippen LogP contribution in [0.5, 0.6) is 11.5 Å². The number of nitrogens with one attached hydrogen (secondary N) is 1. The van der Waals surface area contributed by atoms with E-state index in [9.17, 15) is 4.79 Å². The first-order chi connectivity index (χ1) is 9.69. The fourth-order valence-electron chi connectivity index (χ4n) is 1.65. The third-order valence-electron chi connectivity index (χ3n) is 2.50. The highest BCUT2D eigenvalue weighted by Gasteiger charge is 2.03. The van der Waals surface area contributed by atoms with Crippen molar-refractivity contribution in [3.8, 4) is 11.5 Å². The molecule has 0 spiro atoms. The Morgan fingerprint density at radius 3 is 2.75 bits per heavy atom. The second-order valence-electron chi connectivity index (χ2n) is 4.04. The number of thioether (sulfide) groups is 1. The van der Waals surface area contributed by atoms with Crippen molar-refractivity contribution in [3.63, 3.8) is 0 Å². The summed E-state index contributed by atoms with van der Waals surface area (Å²) in [5.41, 5.74) is 0.576. The van der Waals surface area contributed by atoms with Gasteiger partial charge in [-0.25, -0.2) is 4.98 Å². The first-order valence-electron chi connectivity index (χ1n) is 6.15. The number of aromatic nitrogens is 2. The van der Waals surface area contributed by atoms with Crippen LogP contribution >= 0.6 is 11.8 Å². The number of hydrogen-bond acceptors (Lipinski definition) is 5. The molecule has 0 atom stereocenters. The molecule has 1 aromatic carbocycles. The van der Waals surface area contributed by atoms with Gasteiger partial charge >= 0.3 is 0 Å². The van der Waals surface area contributed by atoms with Gasteiger partial charge < -0.3 is 14.5 Å². The van der Waals surface area contributed by atoms with Gasteiger partial charge in [0.15, 0.2) is 16.7 Å². The van der Waals surface area contributed by atoms with Crippen LogP contribution < -0.4 is 15.0 Å². The molecule has 0 fully saturated rings. The minimum absolute atomic E-state index is 0.134. The lowest BCUT2D eigenvalue weighted by Crippen LogP contribution is -2.09. The van der Waals surface area contributed by atoms with Crippen molar-refractivity contribution in [2.75, 3.05) is 19.5 Å². The third kappa shape index (κ3) is 4.03. The van der Waals surface area contributed by atoms with E-state index in [1.165, 1.54) is 17.8 Å². The normalized spacial score (nSPS) is 10.3. The summed E-state index contributed by atoms with van der Waals surface area (Å²) >= 11 is 1.45. The summed E-state index contributed by atoms with van der Waals surface area (Å²) in [4.78, 5) is 18.2. The minimum atomic E-state index is -0.134. The van der Waals surface area contributed by atoms with Crippen molar-refractivity contribution in [1.82, 2.24) is 9.97 Å². The molecule has 0 saturated heterocycles. The number of aromatic amines is 1. The standard InChI is InChI=1S/C14H16N2O3S/c1-10-9-13(17)16-14(15-10)20-8-7-19-12-6-4-3-5-11(12)18-2/h3-6,9H,7-8H2,1-2H3,(H,15,16,17). The average Bonchev–Trinajstić information content (AvgIpc) is 2.43. The third-order valence-corrected chi connectivity index (χ3v) is 3.33. The Balaban J connectivity index is 1.86. The molecule has 106 valence electrons. The van der Waals surface area contributed by atoms with Gasteiger partial charge in [0.25, 0.3) is 5.56 Å². The molecule has 0 aliphatic rings. The Morgan fingerprint density at radius 2 is 2.05 bits per heavy atom. The molecule has 0 amide bonds. The Bertz CT molecular complexity index is 628. The van der Waals surface area contributed by atoms with Crippen molar-refractivity contribution in [1.29, 1.82) is 0 Å². The van der Waals surface area contributed by atoms with Crippen molar-refractivity contribution in [2.24, 2.45) is 0 Å². The van der Waals surface area contributed by atoms with Crippen LogP contribution in [0.25, 0.3) is 0 Å². The minimum Gasteiger partial charge on any atom is -0.493 e. The van der Waals surface area contributed by atoms with Gasteiger partial charge in [0.05, 0.1) is 13.7 Å². The van der Waals surface area contributed by atoms with E-state index < -0.39 is 0 Å². The highest BCUT2D eigenvalue weighted by atomic mass is 32.2. The van der Waals surface area contributed by atoms with Gasteiger partial charge in [0.1, 0.15) is 0 Å². The summed E-state index contributed by atoms with van der Waals surface area (Å²) < 4.78 is 10.8. The highest BCUT2D eigenvalue weighted by molar-refractivity contribution is 7.99. The molecule has 0 aliphatic heterocycles. The van der Waals surface area contributed by atoms with E-state index in [0.717, 1.165) is 0 Å². The Labute approximate surface area is 121 Å². The van der Waals surface area contributed by atoms with Crippen LogP contribution in [0.1, 0.15) is 5.69 Å². The number of methoxy groups -OCH3 is 1.